The van der Waals surface area contributed by atoms with Crippen LogP contribution >= 0.6 is 7.92 Å². The van der Waals surface area contributed by atoms with E-state index >= 15 is 0 Å². The van der Waals surface area contributed by atoms with Gasteiger partial charge in [0.05, 0.1) is 6.01 Å². The molecule has 22 heavy (non-hydrogen) atoms. The Bertz CT molecular complexity index is 612. The van der Waals surface area contributed by atoms with E-state index in [2.05, 4.69) is 91.0 Å². The molecule has 2 nitrogen and oxygen atoms in total. The summed E-state index contributed by atoms with van der Waals surface area (Å²) in [4.78, 5) is 0. The molecule has 0 spiro atoms. The minimum Gasteiger partial charge on any atom is -0.242 e. The molecule has 3 rings (SSSR count). The van der Waals surface area contributed by atoms with Crippen molar-refractivity contribution < 1.29 is 0 Å². The van der Waals surface area contributed by atoms with Gasteiger partial charge in [0.25, 0.3) is 0 Å². The molecular formula is C19H17N2P. The molecule has 0 unspecified atom stereocenters. The Morgan fingerprint density at radius 3 is 0.955 bits per heavy atom. The highest BCUT2D eigenvalue weighted by Crippen LogP contribution is 2.32. The monoisotopic (exact) mass is 304 g/mol. The van der Waals surface area contributed by atoms with E-state index in [0.717, 1.165) is 0 Å². The van der Waals surface area contributed by atoms with Crippen LogP contribution in [0.15, 0.2) is 91.0 Å². The standard InChI is InChI=1S/C18H15P.CH2N2/c1-4-10-16(11-5-1)19(17-12-6-2-7-13-17)18-14-8-3-9-15-18;2-1-3/h1-15H;2-3H. The third-order valence-corrected chi connectivity index (χ3v) is 5.49. The van der Waals surface area contributed by atoms with E-state index < -0.39 is 7.92 Å². The second-order valence-corrected chi connectivity index (χ2v) is 6.69. The average Bonchev–Trinajstić information content (AvgIpc) is 2.59. The fourth-order valence-corrected chi connectivity index (χ4v) is 4.48. The lowest BCUT2D eigenvalue weighted by molar-refractivity contribution is 1.47. The van der Waals surface area contributed by atoms with Crippen LogP contribution in [0.2, 0.25) is 0 Å². The van der Waals surface area contributed by atoms with Crippen LogP contribution in [0.1, 0.15) is 0 Å². The van der Waals surface area contributed by atoms with Gasteiger partial charge in [0.15, 0.2) is 0 Å². The van der Waals surface area contributed by atoms with E-state index in [1.54, 1.807) is 0 Å². The summed E-state index contributed by atoms with van der Waals surface area (Å²) in [6.07, 6.45) is 0. The maximum Gasteiger partial charge on any atom is 0.0831 e. The fourth-order valence-electron chi connectivity index (χ4n) is 2.18. The summed E-state index contributed by atoms with van der Waals surface area (Å²) in [5.41, 5.74) is 0. The molecule has 0 aliphatic heterocycles. The van der Waals surface area contributed by atoms with E-state index in [1.165, 1.54) is 21.9 Å². The highest BCUT2D eigenvalue weighted by molar-refractivity contribution is 7.79. The second kappa shape index (κ2) is 8.69. The molecule has 2 N–H and O–H groups in total. The second-order valence-electron chi connectivity index (χ2n) is 4.47. The first kappa shape index (κ1) is 15.9. The van der Waals surface area contributed by atoms with E-state index in [1.807, 2.05) is 0 Å². The SMILES string of the molecule is N=C=N.c1ccc(P(c2ccccc2)c2ccccc2)cc1. The van der Waals surface area contributed by atoms with Crippen molar-refractivity contribution in [2.24, 2.45) is 0 Å². The predicted octanol–water partition coefficient (Wildman–Crippen LogP) is 3.76. The first-order valence-corrected chi connectivity index (χ1v) is 8.24. The van der Waals surface area contributed by atoms with Gasteiger partial charge in [0, 0.05) is 0 Å². The Balaban J connectivity index is 0.000000545. The van der Waals surface area contributed by atoms with Gasteiger partial charge in [-0.2, -0.15) is 0 Å². The van der Waals surface area contributed by atoms with Crippen molar-refractivity contribution in [3.05, 3.63) is 91.0 Å². The fraction of sp³-hybridized carbons (Fsp3) is 0. The Hall–Kier alpha value is -2.53. The van der Waals surface area contributed by atoms with E-state index in [-0.39, 0.29) is 0 Å². The number of rotatable bonds is 3. The van der Waals surface area contributed by atoms with Crippen LogP contribution < -0.4 is 15.9 Å². The van der Waals surface area contributed by atoms with Gasteiger partial charge in [-0.05, 0) is 23.8 Å². The van der Waals surface area contributed by atoms with Crippen LogP contribution in [0.3, 0.4) is 0 Å². The zero-order chi connectivity index (χ0) is 15.6. The first-order valence-electron chi connectivity index (χ1n) is 6.90. The highest BCUT2D eigenvalue weighted by atomic mass is 31.1. The molecule has 0 saturated carbocycles. The van der Waals surface area contributed by atoms with Gasteiger partial charge in [-0.3, -0.25) is 0 Å². The molecule has 0 radical (unpaired) electrons. The number of nitrogens with one attached hydrogen (secondary N) is 2. The van der Waals surface area contributed by atoms with Crippen molar-refractivity contribution in [1.29, 1.82) is 10.8 Å². The predicted molar refractivity (Wildman–Crippen MR) is 95.6 cm³/mol. The molecule has 0 saturated heterocycles. The van der Waals surface area contributed by atoms with Crippen LogP contribution in [0.4, 0.5) is 0 Å². The molecule has 0 bridgehead atoms. The van der Waals surface area contributed by atoms with Crippen LogP contribution in [0, 0.1) is 10.8 Å². The lowest BCUT2D eigenvalue weighted by Crippen LogP contribution is -2.20. The van der Waals surface area contributed by atoms with Crippen LogP contribution in [-0.4, -0.2) is 6.01 Å². The van der Waals surface area contributed by atoms with Crippen LogP contribution in [0.25, 0.3) is 0 Å². The van der Waals surface area contributed by atoms with Gasteiger partial charge < -0.3 is 0 Å². The van der Waals surface area contributed by atoms with Crippen LogP contribution in [-0.2, 0) is 0 Å². The molecule has 3 aromatic rings. The summed E-state index contributed by atoms with van der Waals surface area (Å²) in [6, 6.07) is 33.6. The molecule has 0 fully saturated rings. The summed E-state index contributed by atoms with van der Waals surface area (Å²) in [5, 5.41) is 15.4. The Morgan fingerprint density at radius 2 is 0.727 bits per heavy atom. The van der Waals surface area contributed by atoms with Gasteiger partial charge in [0.2, 0.25) is 0 Å². The summed E-state index contributed by atoms with van der Waals surface area (Å²) < 4.78 is 0. The first-order chi connectivity index (χ1) is 10.9. The maximum absolute atomic E-state index is 5.62. The highest BCUT2D eigenvalue weighted by Gasteiger charge is 2.14. The molecule has 0 atom stereocenters. The van der Waals surface area contributed by atoms with Crippen molar-refractivity contribution in [3.8, 4) is 0 Å². The summed E-state index contributed by atoms with van der Waals surface area (Å²) in [7, 11) is -0.446. The average molecular weight is 304 g/mol. The third-order valence-electron chi connectivity index (χ3n) is 3.04. The Morgan fingerprint density at radius 1 is 0.500 bits per heavy atom. The summed E-state index contributed by atoms with van der Waals surface area (Å²) in [5.74, 6) is 0. The molecule has 108 valence electrons. The van der Waals surface area contributed by atoms with Gasteiger partial charge in [-0.1, -0.05) is 91.0 Å². The zero-order valence-electron chi connectivity index (χ0n) is 12.1. The van der Waals surface area contributed by atoms with Crippen molar-refractivity contribution >= 4 is 29.8 Å². The number of hydrogen-bond acceptors (Lipinski definition) is 2. The quantitative estimate of drug-likeness (QED) is 0.547. The molecule has 3 aromatic carbocycles. The molecule has 0 amide bonds. The third kappa shape index (κ3) is 4.23. The largest absolute Gasteiger partial charge is 0.242 e. The van der Waals surface area contributed by atoms with Crippen LogP contribution in [0.5, 0.6) is 0 Å². The number of hydrogen-bond donors (Lipinski definition) is 2. The van der Waals surface area contributed by atoms with E-state index in [4.69, 9.17) is 10.8 Å². The Labute approximate surface area is 132 Å². The molecule has 3 heteroatoms. The lowest BCUT2D eigenvalue weighted by atomic mass is 10.4. The van der Waals surface area contributed by atoms with Crippen molar-refractivity contribution in [2.45, 2.75) is 0 Å². The molecular weight excluding hydrogens is 287 g/mol. The van der Waals surface area contributed by atoms with Gasteiger partial charge in [0.1, 0.15) is 0 Å². The zero-order valence-corrected chi connectivity index (χ0v) is 13.0. The van der Waals surface area contributed by atoms with Gasteiger partial charge in [-0.25, -0.2) is 10.8 Å². The summed E-state index contributed by atoms with van der Waals surface area (Å²) >= 11 is 0. The normalized spacial score (nSPS) is 9.50. The van der Waals surface area contributed by atoms with E-state index in [0.29, 0.717) is 0 Å². The maximum atomic E-state index is 5.62. The molecule has 0 heterocycles. The molecule has 0 aliphatic rings. The summed E-state index contributed by atoms with van der Waals surface area (Å²) in [6.45, 7) is 0. The van der Waals surface area contributed by atoms with Crippen molar-refractivity contribution in [2.75, 3.05) is 0 Å². The lowest BCUT2D eigenvalue weighted by Gasteiger charge is -2.18. The van der Waals surface area contributed by atoms with Gasteiger partial charge in [-0.15, -0.1) is 0 Å². The smallest absolute Gasteiger partial charge is 0.0831 e. The van der Waals surface area contributed by atoms with E-state index in [9.17, 15) is 0 Å². The minimum atomic E-state index is -0.446. The topological polar surface area (TPSA) is 47.7 Å². The van der Waals surface area contributed by atoms with Gasteiger partial charge >= 0.3 is 0 Å². The Kier molecular flexibility index (Phi) is 6.26. The molecule has 0 aromatic heterocycles. The minimum absolute atomic E-state index is 0.446. The number of benzene rings is 3. The molecule has 0 aliphatic carbocycles. The van der Waals surface area contributed by atoms with Crippen molar-refractivity contribution in [1.82, 2.24) is 0 Å². The van der Waals surface area contributed by atoms with Crippen molar-refractivity contribution in [3.63, 3.8) is 0 Å².